The highest BCUT2D eigenvalue weighted by Gasteiger charge is 2.43. The zero-order valence-corrected chi connectivity index (χ0v) is 25.6. The summed E-state index contributed by atoms with van der Waals surface area (Å²) in [6.07, 6.45) is 0. The summed E-state index contributed by atoms with van der Waals surface area (Å²) in [5, 5.41) is 4.81. The van der Waals surface area contributed by atoms with Crippen LogP contribution in [0, 0.1) is 6.92 Å². The molecular formula is C42H32N2O. The maximum atomic E-state index is 7.08. The number of benzene rings is 7. The molecule has 0 N–H and O–H groups in total. The summed E-state index contributed by atoms with van der Waals surface area (Å²) in [5.74, 6) is 1.74. The summed E-state index contributed by atoms with van der Waals surface area (Å²) in [7, 11) is 0. The Morgan fingerprint density at radius 3 is 2.20 bits per heavy atom. The van der Waals surface area contributed by atoms with Crippen molar-refractivity contribution in [3.05, 3.63) is 156 Å². The quantitative estimate of drug-likeness (QED) is 0.207. The monoisotopic (exact) mass is 580 g/mol. The number of anilines is 6. The number of aryl methyl sites for hydroxylation is 1. The topological polar surface area (TPSA) is 15.7 Å². The highest BCUT2D eigenvalue weighted by atomic mass is 16.5. The van der Waals surface area contributed by atoms with Crippen molar-refractivity contribution in [2.75, 3.05) is 9.80 Å². The number of ether oxygens (including phenoxy) is 1. The molecule has 7 aromatic rings. The van der Waals surface area contributed by atoms with Crippen molar-refractivity contribution in [1.29, 1.82) is 0 Å². The van der Waals surface area contributed by atoms with E-state index >= 15 is 0 Å². The van der Waals surface area contributed by atoms with Crippen LogP contribution in [0.25, 0.3) is 21.5 Å². The van der Waals surface area contributed by atoms with Crippen molar-refractivity contribution < 1.29 is 4.74 Å². The van der Waals surface area contributed by atoms with Crippen LogP contribution in [0.3, 0.4) is 0 Å². The zero-order valence-electron chi connectivity index (χ0n) is 25.6. The lowest BCUT2D eigenvalue weighted by Crippen LogP contribution is -2.33. The Labute approximate surface area is 263 Å². The van der Waals surface area contributed by atoms with Gasteiger partial charge in [-0.05, 0) is 76.2 Å². The van der Waals surface area contributed by atoms with Gasteiger partial charge in [0, 0.05) is 16.5 Å². The Morgan fingerprint density at radius 2 is 1.31 bits per heavy atom. The van der Waals surface area contributed by atoms with Crippen LogP contribution in [-0.4, -0.2) is 0 Å². The van der Waals surface area contributed by atoms with E-state index in [1.807, 2.05) is 0 Å². The molecule has 3 nitrogen and oxygen atoms in total. The summed E-state index contributed by atoms with van der Waals surface area (Å²) in [4.78, 5) is 4.83. The highest BCUT2D eigenvalue weighted by molar-refractivity contribution is 6.04. The predicted octanol–water partition coefficient (Wildman–Crippen LogP) is 12.0. The Kier molecular flexibility index (Phi) is 5.46. The first kappa shape index (κ1) is 25.9. The van der Waals surface area contributed by atoms with Gasteiger partial charge < -0.3 is 14.5 Å². The van der Waals surface area contributed by atoms with E-state index in [1.165, 1.54) is 43.9 Å². The van der Waals surface area contributed by atoms with Crippen LogP contribution in [0.15, 0.2) is 140 Å². The highest BCUT2D eigenvalue weighted by Crippen LogP contribution is 2.63. The molecule has 9 rings (SSSR count). The van der Waals surface area contributed by atoms with E-state index in [1.54, 1.807) is 0 Å². The first-order valence-corrected chi connectivity index (χ1v) is 15.6. The Bertz CT molecular complexity index is 2310. The van der Waals surface area contributed by atoms with Crippen LogP contribution >= 0.6 is 0 Å². The molecule has 0 radical (unpaired) electrons. The molecule has 0 aliphatic carbocycles. The van der Waals surface area contributed by atoms with E-state index in [4.69, 9.17) is 4.74 Å². The molecule has 0 saturated heterocycles. The summed E-state index contributed by atoms with van der Waals surface area (Å²) in [5.41, 5.74) is 10.2. The van der Waals surface area contributed by atoms with Gasteiger partial charge in [0.25, 0.3) is 0 Å². The molecule has 0 amide bonds. The minimum absolute atomic E-state index is 0.216. The van der Waals surface area contributed by atoms with E-state index < -0.39 is 0 Å². The molecule has 0 saturated carbocycles. The van der Waals surface area contributed by atoms with Crippen molar-refractivity contribution in [2.24, 2.45) is 0 Å². The third kappa shape index (κ3) is 3.71. The first-order chi connectivity index (χ1) is 22.0. The van der Waals surface area contributed by atoms with Crippen LogP contribution in [0.2, 0.25) is 0 Å². The van der Waals surface area contributed by atoms with Gasteiger partial charge in [-0.15, -0.1) is 0 Å². The molecule has 216 valence electrons. The van der Waals surface area contributed by atoms with Gasteiger partial charge >= 0.3 is 0 Å². The van der Waals surface area contributed by atoms with Crippen LogP contribution in [0.4, 0.5) is 34.1 Å². The molecule has 45 heavy (non-hydrogen) atoms. The van der Waals surface area contributed by atoms with Crippen molar-refractivity contribution in [2.45, 2.75) is 26.2 Å². The molecule has 3 heteroatoms. The van der Waals surface area contributed by atoms with Gasteiger partial charge in [-0.25, -0.2) is 0 Å². The summed E-state index contributed by atoms with van der Waals surface area (Å²) in [6, 6.07) is 50.3. The van der Waals surface area contributed by atoms with E-state index in [9.17, 15) is 0 Å². The maximum absolute atomic E-state index is 7.08. The minimum atomic E-state index is -0.216. The lowest BCUT2D eigenvalue weighted by molar-refractivity contribution is 0.472. The zero-order chi connectivity index (χ0) is 30.3. The van der Waals surface area contributed by atoms with E-state index in [0.717, 1.165) is 39.9 Å². The number of fused-ring (bicyclic) bond motifs is 6. The molecule has 0 fully saturated rings. The van der Waals surface area contributed by atoms with E-state index in [2.05, 4.69) is 170 Å². The second kappa shape index (κ2) is 9.48. The minimum Gasteiger partial charge on any atom is -0.451 e. The van der Waals surface area contributed by atoms with Crippen molar-refractivity contribution >= 4 is 55.7 Å². The molecule has 0 spiro atoms. The third-order valence-corrected chi connectivity index (χ3v) is 9.70. The fraction of sp³-hybridized carbons (Fsp3) is 0.0952. The van der Waals surface area contributed by atoms with Crippen LogP contribution < -0.4 is 14.5 Å². The average molecular weight is 581 g/mol. The average Bonchev–Trinajstić information content (AvgIpc) is 3.07. The van der Waals surface area contributed by atoms with Gasteiger partial charge in [0.1, 0.15) is 0 Å². The molecule has 2 aliphatic heterocycles. The van der Waals surface area contributed by atoms with Crippen molar-refractivity contribution in [3.63, 3.8) is 0 Å². The van der Waals surface area contributed by atoms with Crippen LogP contribution in [0.5, 0.6) is 11.5 Å². The third-order valence-electron chi connectivity index (χ3n) is 9.70. The molecule has 0 atom stereocenters. The van der Waals surface area contributed by atoms with Gasteiger partial charge in [0.15, 0.2) is 11.5 Å². The maximum Gasteiger partial charge on any atom is 0.175 e. The Balaban J connectivity index is 1.38. The van der Waals surface area contributed by atoms with Gasteiger partial charge in [-0.1, -0.05) is 117 Å². The summed E-state index contributed by atoms with van der Waals surface area (Å²) >= 11 is 0. The number of para-hydroxylation sites is 2. The van der Waals surface area contributed by atoms with Crippen LogP contribution in [-0.2, 0) is 5.41 Å². The van der Waals surface area contributed by atoms with Crippen LogP contribution in [0.1, 0.15) is 30.5 Å². The number of nitrogens with zero attached hydrogens (tertiary/aromatic N) is 2. The molecular weight excluding hydrogens is 548 g/mol. The number of rotatable bonds is 3. The second-order valence-corrected chi connectivity index (χ2v) is 12.7. The summed E-state index contributed by atoms with van der Waals surface area (Å²) in [6.45, 7) is 6.84. The molecule has 0 unspecified atom stereocenters. The number of hydrogen-bond donors (Lipinski definition) is 0. The normalized spacial score (nSPS) is 14.0. The fourth-order valence-electron chi connectivity index (χ4n) is 7.50. The van der Waals surface area contributed by atoms with Gasteiger partial charge in [0.2, 0.25) is 0 Å². The molecule has 7 aromatic carbocycles. The lowest BCUT2D eigenvalue weighted by Gasteiger charge is -2.46. The largest absolute Gasteiger partial charge is 0.451 e. The smallest absolute Gasteiger partial charge is 0.175 e. The lowest BCUT2D eigenvalue weighted by atomic mass is 9.73. The second-order valence-electron chi connectivity index (χ2n) is 12.7. The van der Waals surface area contributed by atoms with Crippen molar-refractivity contribution in [3.8, 4) is 11.5 Å². The fourth-order valence-corrected chi connectivity index (χ4v) is 7.50. The van der Waals surface area contributed by atoms with Gasteiger partial charge in [0.05, 0.1) is 28.4 Å². The molecule has 2 aliphatic rings. The molecule has 0 aromatic heterocycles. The SMILES string of the molecule is Cc1cccc2c1N1c3ccccc3C(C)(C)c3ccc(N(c4ccc5ccccc5c4)c4cccc5ccccc45)c(c31)O2. The Morgan fingerprint density at radius 1 is 0.578 bits per heavy atom. The molecule has 2 heterocycles. The molecule has 0 bridgehead atoms. The Hall–Kier alpha value is -5.54. The summed E-state index contributed by atoms with van der Waals surface area (Å²) < 4.78 is 7.08. The van der Waals surface area contributed by atoms with E-state index in [0.29, 0.717) is 0 Å². The van der Waals surface area contributed by atoms with Crippen molar-refractivity contribution in [1.82, 2.24) is 0 Å². The van der Waals surface area contributed by atoms with Gasteiger partial charge in [-0.2, -0.15) is 0 Å². The van der Waals surface area contributed by atoms with E-state index in [-0.39, 0.29) is 5.41 Å². The first-order valence-electron chi connectivity index (χ1n) is 15.6. The predicted molar refractivity (Wildman–Crippen MR) is 188 cm³/mol. The van der Waals surface area contributed by atoms with Gasteiger partial charge in [-0.3, -0.25) is 0 Å². The standard InChI is InChI=1S/C42H32N2O/c1-27-12-10-21-38-39(27)44-36-19-9-8-18-33(36)42(2,3)34-24-25-37(41(45-38)40(34)44)43(31-23-22-28-13-4-5-15-30(28)26-31)35-20-11-16-29-14-6-7-17-32(29)35/h4-26H,1-3H3. The number of hydrogen-bond acceptors (Lipinski definition) is 3.